The van der Waals surface area contributed by atoms with Crippen molar-refractivity contribution in [3.05, 3.63) is 36.2 Å². The predicted octanol–water partition coefficient (Wildman–Crippen LogP) is 1.07. The molecule has 5 heteroatoms. The number of esters is 2. The summed E-state index contributed by atoms with van der Waals surface area (Å²) in [5.74, 6) is -0.891. The van der Waals surface area contributed by atoms with Gasteiger partial charge in [0.05, 0.1) is 19.1 Å². The average Bonchev–Trinajstić information content (AvgIpc) is 2.73. The summed E-state index contributed by atoms with van der Waals surface area (Å²) in [7, 11) is 1.30. The lowest BCUT2D eigenvalue weighted by Crippen LogP contribution is -2.10. The molecule has 5 nitrogen and oxygen atoms in total. The monoisotopic (exact) mass is 223 g/mol. The van der Waals surface area contributed by atoms with Crippen molar-refractivity contribution in [1.29, 1.82) is 0 Å². The van der Waals surface area contributed by atoms with E-state index in [4.69, 9.17) is 4.74 Å². The maximum Gasteiger partial charge on any atom is 0.340 e. The molecule has 1 N–H and O–H groups in total. The topological polar surface area (TPSA) is 68.4 Å². The van der Waals surface area contributed by atoms with Crippen LogP contribution in [0.2, 0.25) is 0 Å². The Balaban J connectivity index is 2.73. The lowest BCUT2D eigenvalue weighted by Gasteiger charge is -2.02. The van der Waals surface area contributed by atoms with Crippen LogP contribution in [-0.2, 0) is 20.7 Å². The highest BCUT2D eigenvalue weighted by molar-refractivity contribution is 5.92. The van der Waals surface area contributed by atoms with E-state index in [1.54, 1.807) is 6.20 Å². The van der Waals surface area contributed by atoms with Gasteiger partial charge in [-0.2, -0.15) is 0 Å². The number of carbonyl (C=O) groups excluding carboxylic acids is 2. The van der Waals surface area contributed by atoms with E-state index in [0.717, 1.165) is 0 Å². The van der Waals surface area contributed by atoms with Gasteiger partial charge in [0.2, 0.25) is 0 Å². The van der Waals surface area contributed by atoms with Crippen molar-refractivity contribution >= 4 is 11.9 Å². The molecule has 86 valence electrons. The number of methoxy groups -OCH3 is 1. The quantitative estimate of drug-likeness (QED) is 0.599. The number of carbonyl (C=O) groups is 2. The van der Waals surface area contributed by atoms with E-state index in [-0.39, 0.29) is 13.0 Å². The number of hydrogen-bond donors (Lipinski definition) is 1. The summed E-state index contributed by atoms with van der Waals surface area (Å²) in [6.07, 6.45) is 4.58. The van der Waals surface area contributed by atoms with Crippen LogP contribution >= 0.6 is 0 Å². The third kappa shape index (κ3) is 2.98. The number of rotatable bonds is 5. The molecule has 0 spiro atoms. The van der Waals surface area contributed by atoms with Crippen LogP contribution in [0.1, 0.15) is 15.9 Å². The first-order valence-electron chi connectivity index (χ1n) is 4.69. The molecule has 0 aliphatic heterocycles. The van der Waals surface area contributed by atoms with Crippen molar-refractivity contribution in [1.82, 2.24) is 4.98 Å². The van der Waals surface area contributed by atoms with Gasteiger partial charge in [-0.15, -0.1) is 0 Å². The molecule has 0 atom stereocenters. The van der Waals surface area contributed by atoms with Crippen LogP contribution in [0.15, 0.2) is 25.0 Å². The summed E-state index contributed by atoms with van der Waals surface area (Å²) >= 11 is 0. The van der Waals surface area contributed by atoms with Gasteiger partial charge in [0, 0.05) is 12.4 Å². The standard InChI is InChI=1S/C11H13NO4/c1-3-4-16-11(14)9-7-12-6-8(9)5-10(13)15-2/h3,6-7,12H,1,4-5H2,2H3. The largest absolute Gasteiger partial charge is 0.469 e. The van der Waals surface area contributed by atoms with E-state index in [9.17, 15) is 9.59 Å². The predicted molar refractivity (Wildman–Crippen MR) is 57.0 cm³/mol. The molecular formula is C11H13NO4. The first-order chi connectivity index (χ1) is 7.69. The van der Waals surface area contributed by atoms with Crippen molar-refractivity contribution in [2.45, 2.75) is 6.42 Å². The number of ether oxygens (including phenoxy) is 2. The molecule has 0 fully saturated rings. The normalized spacial score (nSPS) is 9.56. The number of nitrogens with one attached hydrogen (secondary N) is 1. The number of H-pyrrole nitrogens is 1. The lowest BCUT2D eigenvalue weighted by molar-refractivity contribution is -0.139. The van der Waals surface area contributed by atoms with Gasteiger partial charge in [0.15, 0.2) is 0 Å². The molecule has 0 aliphatic carbocycles. The maximum absolute atomic E-state index is 11.5. The second-order valence-corrected chi connectivity index (χ2v) is 3.03. The van der Waals surface area contributed by atoms with Gasteiger partial charge < -0.3 is 14.5 Å². The van der Waals surface area contributed by atoms with Crippen molar-refractivity contribution in [3.63, 3.8) is 0 Å². The number of hydrogen-bond acceptors (Lipinski definition) is 4. The fraction of sp³-hybridized carbons (Fsp3) is 0.273. The molecule has 0 saturated carbocycles. The fourth-order valence-electron chi connectivity index (χ4n) is 1.17. The summed E-state index contributed by atoms with van der Waals surface area (Å²) in [5.41, 5.74) is 0.896. The minimum Gasteiger partial charge on any atom is -0.469 e. The Bertz CT molecular complexity index is 394. The molecule has 0 aliphatic rings. The molecule has 0 aromatic carbocycles. The van der Waals surface area contributed by atoms with Gasteiger partial charge >= 0.3 is 11.9 Å². The Hall–Kier alpha value is -2.04. The van der Waals surface area contributed by atoms with E-state index >= 15 is 0 Å². The second-order valence-electron chi connectivity index (χ2n) is 3.03. The maximum atomic E-state index is 11.5. The van der Waals surface area contributed by atoms with Gasteiger partial charge in [-0.1, -0.05) is 12.7 Å². The summed E-state index contributed by atoms with van der Waals surface area (Å²) in [6, 6.07) is 0. The molecule has 16 heavy (non-hydrogen) atoms. The van der Waals surface area contributed by atoms with E-state index in [1.165, 1.54) is 19.4 Å². The molecule has 0 unspecified atom stereocenters. The number of aromatic amines is 1. The highest BCUT2D eigenvalue weighted by Crippen LogP contribution is 2.11. The van der Waals surface area contributed by atoms with E-state index in [2.05, 4.69) is 16.3 Å². The van der Waals surface area contributed by atoms with Crippen LogP contribution < -0.4 is 0 Å². The molecule has 0 amide bonds. The molecule has 1 heterocycles. The molecule has 1 aromatic rings. The zero-order valence-electron chi connectivity index (χ0n) is 8.99. The van der Waals surface area contributed by atoms with Crippen LogP contribution in [0, 0.1) is 0 Å². The summed E-state index contributed by atoms with van der Waals surface area (Å²) in [4.78, 5) is 25.3. The Morgan fingerprint density at radius 1 is 1.50 bits per heavy atom. The smallest absolute Gasteiger partial charge is 0.340 e. The van der Waals surface area contributed by atoms with E-state index in [0.29, 0.717) is 11.1 Å². The zero-order chi connectivity index (χ0) is 12.0. The molecule has 1 aromatic heterocycles. The molecular weight excluding hydrogens is 210 g/mol. The van der Waals surface area contributed by atoms with Crippen LogP contribution in [0.3, 0.4) is 0 Å². The van der Waals surface area contributed by atoms with Crippen LogP contribution in [0.25, 0.3) is 0 Å². The summed E-state index contributed by atoms with van der Waals surface area (Å²) in [5, 5.41) is 0. The van der Waals surface area contributed by atoms with E-state index in [1.807, 2.05) is 0 Å². The highest BCUT2D eigenvalue weighted by Gasteiger charge is 2.16. The molecule has 0 bridgehead atoms. The summed E-state index contributed by atoms with van der Waals surface area (Å²) < 4.78 is 9.38. The number of aromatic nitrogens is 1. The fourth-order valence-corrected chi connectivity index (χ4v) is 1.17. The van der Waals surface area contributed by atoms with Crippen molar-refractivity contribution < 1.29 is 19.1 Å². The minimum absolute atomic E-state index is 0.0402. The Morgan fingerprint density at radius 2 is 2.25 bits per heavy atom. The minimum atomic E-state index is -0.486. The van der Waals surface area contributed by atoms with Crippen LogP contribution in [0.4, 0.5) is 0 Å². The molecule has 1 rings (SSSR count). The van der Waals surface area contributed by atoms with Gasteiger partial charge in [-0.25, -0.2) is 4.79 Å². The first-order valence-corrected chi connectivity index (χ1v) is 4.69. The SMILES string of the molecule is C=CCOC(=O)c1c[nH]cc1CC(=O)OC. The van der Waals surface area contributed by atoms with Crippen molar-refractivity contribution in [2.75, 3.05) is 13.7 Å². The highest BCUT2D eigenvalue weighted by atomic mass is 16.5. The second kappa shape index (κ2) is 5.75. The third-order valence-corrected chi connectivity index (χ3v) is 1.95. The van der Waals surface area contributed by atoms with Gasteiger partial charge in [0.1, 0.15) is 6.61 Å². The van der Waals surface area contributed by atoms with Gasteiger partial charge in [-0.05, 0) is 5.56 Å². The lowest BCUT2D eigenvalue weighted by atomic mass is 10.1. The summed E-state index contributed by atoms with van der Waals surface area (Å²) in [6.45, 7) is 3.58. The van der Waals surface area contributed by atoms with Crippen LogP contribution in [-0.4, -0.2) is 30.6 Å². The Morgan fingerprint density at radius 3 is 2.88 bits per heavy atom. The average molecular weight is 223 g/mol. The van der Waals surface area contributed by atoms with Crippen molar-refractivity contribution in [3.8, 4) is 0 Å². The van der Waals surface area contributed by atoms with Crippen molar-refractivity contribution in [2.24, 2.45) is 0 Å². The van der Waals surface area contributed by atoms with Gasteiger partial charge in [-0.3, -0.25) is 4.79 Å². The third-order valence-electron chi connectivity index (χ3n) is 1.95. The van der Waals surface area contributed by atoms with E-state index < -0.39 is 11.9 Å². The molecule has 0 saturated heterocycles. The Kier molecular flexibility index (Phi) is 4.32. The van der Waals surface area contributed by atoms with Crippen LogP contribution in [0.5, 0.6) is 0 Å². The Labute approximate surface area is 93.1 Å². The first kappa shape index (κ1) is 12.0. The zero-order valence-corrected chi connectivity index (χ0v) is 8.99. The molecule has 0 radical (unpaired) electrons. The van der Waals surface area contributed by atoms with Gasteiger partial charge in [0.25, 0.3) is 0 Å².